The molecule has 3 rings (SSSR count). The van der Waals surface area contributed by atoms with Crippen molar-refractivity contribution in [3.8, 4) is 0 Å². The molecule has 23 heavy (non-hydrogen) atoms. The molecule has 1 aliphatic heterocycles. The number of amides is 2. The molecule has 0 fully saturated rings. The van der Waals surface area contributed by atoms with Crippen LogP contribution in [0.25, 0.3) is 0 Å². The summed E-state index contributed by atoms with van der Waals surface area (Å²) in [7, 11) is 0. The van der Waals surface area contributed by atoms with Crippen molar-refractivity contribution >= 4 is 34.3 Å². The van der Waals surface area contributed by atoms with Crippen molar-refractivity contribution in [2.24, 2.45) is 5.73 Å². The Morgan fingerprint density at radius 2 is 2.17 bits per heavy atom. The number of aromatic nitrogens is 1. The van der Waals surface area contributed by atoms with Gasteiger partial charge in [0.2, 0.25) is 5.91 Å². The van der Waals surface area contributed by atoms with E-state index in [0.29, 0.717) is 22.8 Å². The van der Waals surface area contributed by atoms with Gasteiger partial charge in [0, 0.05) is 11.8 Å². The molecule has 8 heteroatoms. The second-order valence-electron chi connectivity index (χ2n) is 5.03. The highest BCUT2D eigenvalue weighted by Gasteiger charge is 2.31. The van der Waals surface area contributed by atoms with Gasteiger partial charge in [0.15, 0.2) is 11.2 Å². The Hall–Kier alpha value is -2.74. The van der Waals surface area contributed by atoms with Crippen molar-refractivity contribution in [1.82, 2.24) is 4.98 Å². The van der Waals surface area contributed by atoms with Crippen LogP contribution in [0.3, 0.4) is 0 Å². The molecule has 0 saturated carbocycles. The van der Waals surface area contributed by atoms with Gasteiger partial charge in [0.1, 0.15) is 0 Å². The number of ether oxygens (including phenoxy) is 1. The average Bonchev–Trinajstić information content (AvgIpc) is 2.93. The summed E-state index contributed by atoms with van der Waals surface area (Å²) < 4.78 is 5.17. The lowest BCUT2D eigenvalue weighted by atomic mass is 9.98. The lowest BCUT2D eigenvalue weighted by molar-refractivity contribution is -0.125. The van der Waals surface area contributed by atoms with Crippen molar-refractivity contribution in [2.75, 3.05) is 5.32 Å². The van der Waals surface area contributed by atoms with Gasteiger partial charge < -0.3 is 10.5 Å². The SMILES string of the molecule is NC(=O)Cc1csc(NC(=O)C2Cc3ccccc3C(=O)O2)n1. The van der Waals surface area contributed by atoms with Gasteiger partial charge in [0.05, 0.1) is 17.7 Å². The molecule has 1 atom stereocenters. The van der Waals surface area contributed by atoms with Crippen LogP contribution in [0.4, 0.5) is 5.13 Å². The molecule has 7 nitrogen and oxygen atoms in total. The number of esters is 1. The van der Waals surface area contributed by atoms with Crippen molar-refractivity contribution in [2.45, 2.75) is 18.9 Å². The van der Waals surface area contributed by atoms with Crippen LogP contribution in [0.2, 0.25) is 0 Å². The van der Waals surface area contributed by atoms with Gasteiger partial charge >= 0.3 is 5.97 Å². The number of hydrogen-bond donors (Lipinski definition) is 2. The molecule has 118 valence electrons. The highest BCUT2D eigenvalue weighted by Crippen LogP contribution is 2.22. The summed E-state index contributed by atoms with van der Waals surface area (Å²) in [5.41, 5.74) is 6.84. The van der Waals surface area contributed by atoms with E-state index in [2.05, 4.69) is 10.3 Å². The van der Waals surface area contributed by atoms with Gasteiger partial charge in [0.25, 0.3) is 5.91 Å². The number of carbonyl (C=O) groups is 3. The first-order chi connectivity index (χ1) is 11.0. The lowest BCUT2D eigenvalue weighted by Crippen LogP contribution is -2.37. The maximum absolute atomic E-state index is 12.2. The molecule has 1 aromatic carbocycles. The molecule has 0 radical (unpaired) electrons. The fraction of sp³-hybridized carbons (Fsp3) is 0.200. The Morgan fingerprint density at radius 1 is 1.39 bits per heavy atom. The van der Waals surface area contributed by atoms with Gasteiger partial charge in [-0.15, -0.1) is 11.3 Å². The Morgan fingerprint density at radius 3 is 2.96 bits per heavy atom. The summed E-state index contributed by atoms with van der Waals surface area (Å²) in [6, 6.07) is 7.02. The number of carbonyl (C=O) groups excluding carboxylic acids is 3. The van der Waals surface area contributed by atoms with Gasteiger partial charge in [-0.3, -0.25) is 14.9 Å². The van der Waals surface area contributed by atoms with Crippen LogP contribution in [-0.4, -0.2) is 28.9 Å². The first-order valence-corrected chi connectivity index (χ1v) is 7.73. The molecule has 0 spiro atoms. The van der Waals surface area contributed by atoms with E-state index in [-0.39, 0.29) is 6.42 Å². The number of rotatable bonds is 4. The highest BCUT2D eigenvalue weighted by atomic mass is 32.1. The summed E-state index contributed by atoms with van der Waals surface area (Å²) >= 11 is 1.18. The van der Waals surface area contributed by atoms with Crippen molar-refractivity contribution < 1.29 is 19.1 Å². The van der Waals surface area contributed by atoms with Gasteiger partial charge in [-0.1, -0.05) is 18.2 Å². The minimum atomic E-state index is -0.902. The highest BCUT2D eigenvalue weighted by molar-refractivity contribution is 7.13. The van der Waals surface area contributed by atoms with Crippen LogP contribution in [-0.2, 0) is 27.2 Å². The Balaban J connectivity index is 1.69. The lowest BCUT2D eigenvalue weighted by Gasteiger charge is -2.23. The predicted molar refractivity (Wildman–Crippen MR) is 83.0 cm³/mol. The fourth-order valence-corrected chi connectivity index (χ4v) is 3.00. The van der Waals surface area contributed by atoms with Crippen molar-refractivity contribution in [3.63, 3.8) is 0 Å². The number of fused-ring (bicyclic) bond motifs is 1. The Kier molecular flexibility index (Phi) is 4.07. The van der Waals surface area contributed by atoms with E-state index < -0.39 is 23.9 Å². The first kappa shape index (κ1) is 15.2. The van der Waals surface area contributed by atoms with Crippen LogP contribution in [0.15, 0.2) is 29.6 Å². The molecule has 0 saturated heterocycles. The van der Waals surface area contributed by atoms with Gasteiger partial charge in [-0.2, -0.15) is 0 Å². The molecule has 0 aliphatic carbocycles. The largest absolute Gasteiger partial charge is 0.448 e. The molecule has 2 aromatic rings. The zero-order valence-electron chi connectivity index (χ0n) is 11.9. The summed E-state index contributed by atoms with van der Waals surface area (Å²) in [5.74, 6) is -1.46. The third-order valence-corrected chi connectivity index (χ3v) is 4.13. The van der Waals surface area contributed by atoms with Gasteiger partial charge in [-0.25, -0.2) is 9.78 Å². The monoisotopic (exact) mass is 331 g/mol. The molecular formula is C15H13N3O4S. The fourth-order valence-electron chi connectivity index (χ4n) is 2.29. The smallest absolute Gasteiger partial charge is 0.339 e. The molecule has 3 N–H and O–H groups in total. The van der Waals surface area contributed by atoms with Crippen LogP contribution >= 0.6 is 11.3 Å². The third-order valence-electron chi connectivity index (χ3n) is 3.32. The summed E-state index contributed by atoms with van der Waals surface area (Å²) in [6.07, 6.45) is -0.577. The van der Waals surface area contributed by atoms with E-state index in [9.17, 15) is 14.4 Å². The number of anilines is 1. The molecule has 1 aliphatic rings. The minimum absolute atomic E-state index is 0.0121. The number of thiazole rings is 1. The maximum Gasteiger partial charge on any atom is 0.339 e. The van der Waals surface area contributed by atoms with Crippen molar-refractivity contribution in [3.05, 3.63) is 46.5 Å². The van der Waals surface area contributed by atoms with E-state index in [4.69, 9.17) is 10.5 Å². The summed E-state index contributed by atoms with van der Waals surface area (Å²) in [6.45, 7) is 0. The zero-order valence-corrected chi connectivity index (χ0v) is 12.8. The van der Waals surface area contributed by atoms with Crippen LogP contribution < -0.4 is 11.1 Å². The van der Waals surface area contributed by atoms with E-state index in [1.165, 1.54) is 11.3 Å². The van der Waals surface area contributed by atoms with Crippen molar-refractivity contribution in [1.29, 1.82) is 0 Å². The Bertz CT molecular complexity index is 787. The maximum atomic E-state index is 12.2. The first-order valence-electron chi connectivity index (χ1n) is 6.85. The molecule has 1 aromatic heterocycles. The zero-order chi connectivity index (χ0) is 16.4. The quantitative estimate of drug-likeness (QED) is 0.808. The van der Waals surface area contributed by atoms with E-state index in [1.807, 2.05) is 6.07 Å². The number of cyclic esters (lactones) is 1. The topological polar surface area (TPSA) is 111 Å². The second-order valence-corrected chi connectivity index (χ2v) is 5.89. The normalized spacial score (nSPS) is 16.3. The molecular weight excluding hydrogens is 318 g/mol. The van der Waals surface area contributed by atoms with Crippen LogP contribution in [0.5, 0.6) is 0 Å². The van der Waals surface area contributed by atoms with Crippen LogP contribution in [0.1, 0.15) is 21.6 Å². The average molecular weight is 331 g/mol. The third kappa shape index (κ3) is 3.37. The van der Waals surface area contributed by atoms with E-state index in [1.54, 1.807) is 23.6 Å². The number of nitrogens with zero attached hydrogens (tertiary/aromatic N) is 1. The molecule has 0 bridgehead atoms. The molecule has 2 amide bonds. The molecule has 1 unspecified atom stereocenters. The number of benzene rings is 1. The number of primary amides is 1. The summed E-state index contributed by atoms with van der Waals surface area (Å²) in [4.78, 5) is 39.1. The van der Waals surface area contributed by atoms with Crippen LogP contribution in [0, 0.1) is 0 Å². The summed E-state index contributed by atoms with van der Waals surface area (Å²) in [5, 5.41) is 4.57. The number of hydrogen-bond acceptors (Lipinski definition) is 6. The molecule has 2 heterocycles. The second kappa shape index (κ2) is 6.17. The number of nitrogens with one attached hydrogen (secondary N) is 1. The van der Waals surface area contributed by atoms with Gasteiger partial charge in [-0.05, 0) is 11.6 Å². The minimum Gasteiger partial charge on any atom is -0.448 e. The standard InChI is InChI=1S/C15H13N3O4S/c16-12(19)6-9-7-23-15(17-9)18-13(20)11-5-8-3-1-2-4-10(8)14(21)22-11/h1-4,7,11H,5-6H2,(H2,16,19)(H,17,18,20). The van der Waals surface area contributed by atoms with E-state index >= 15 is 0 Å². The number of nitrogens with two attached hydrogens (primary N) is 1. The Labute approximate surface area is 135 Å². The predicted octanol–water partition coefficient (Wildman–Crippen LogP) is 0.891. The van der Waals surface area contributed by atoms with E-state index in [0.717, 1.165) is 5.56 Å².